The predicted molar refractivity (Wildman–Crippen MR) is 78.4 cm³/mol. The summed E-state index contributed by atoms with van der Waals surface area (Å²) in [7, 11) is -1.36. The van der Waals surface area contributed by atoms with Crippen molar-refractivity contribution in [1.82, 2.24) is 0 Å². The van der Waals surface area contributed by atoms with Gasteiger partial charge in [0.25, 0.3) is 0 Å². The van der Waals surface area contributed by atoms with Gasteiger partial charge in [0.1, 0.15) is 0 Å². The van der Waals surface area contributed by atoms with E-state index in [-0.39, 0.29) is 0 Å². The molecule has 5 nitrogen and oxygen atoms in total. The summed E-state index contributed by atoms with van der Waals surface area (Å²) >= 11 is 3.38. The van der Waals surface area contributed by atoms with Crippen molar-refractivity contribution in [1.29, 1.82) is 0 Å². The third-order valence-corrected chi connectivity index (χ3v) is 3.94. The Morgan fingerprint density at radius 3 is 2.56 bits per heavy atom. The van der Waals surface area contributed by atoms with E-state index in [1.165, 1.54) is 0 Å². The summed E-state index contributed by atoms with van der Waals surface area (Å²) in [5.41, 5.74) is 7.75. The minimum atomic E-state index is -3.33. The number of nitrogen functional groups attached to an aromatic ring is 1. The molecule has 1 aliphatic rings. The lowest BCUT2D eigenvalue weighted by molar-refractivity contribution is 0.607. The molecular formula is C11H16BrN3O2S. The van der Waals surface area contributed by atoms with Crippen molar-refractivity contribution < 1.29 is 8.42 Å². The van der Waals surface area contributed by atoms with Crippen molar-refractivity contribution in [2.45, 2.75) is 18.9 Å². The van der Waals surface area contributed by atoms with Crippen LogP contribution in [0.15, 0.2) is 16.6 Å². The van der Waals surface area contributed by atoms with Gasteiger partial charge in [-0.05, 0) is 25.0 Å². The minimum Gasteiger partial charge on any atom is -0.395 e. The van der Waals surface area contributed by atoms with Gasteiger partial charge in [0, 0.05) is 17.6 Å². The maximum absolute atomic E-state index is 11.3. The largest absolute Gasteiger partial charge is 0.395 e. The summed E-state index contributed by atoms with van der Waals surface area (Å²) in [6.07, 6.45) is 3.41. The second-order valence-electron chi connectivity index (χ2n) is 4.60. The predicted octanol–water partition coefficient (Wildman–Crippen LogP) is 2.00. The first-order chi connectivity index (χ1) is 8.28. The third-order valence-electron chi connectivity index (χ3n) is 2.89. The summed E-state index contributed by atoms with van der Waals surface area (Å²) in [6.45, 7) is 0. The number of anilines is 3. The number of hydrogen-bond acceptors (Lipinski definition) is 4. The highest BCUT2D eigenvalue weighted by atomic mass is 79.9. The molecular weight excluding hydrogens is 318 g/mol. The lowest BCUT2D eigenvalue weighted by Crippen LogP contribution is -2.21. The Balaban J connectivity index is 2.41. The van der Waals surface area contributed by atoms with Crippen molar-refractivity contribution in [2.75, 3.05) is 28.7 Å². The molecule has 0 bridgehead atoms. The van der Waals surface area contributed by atoms with Crippen molar-refractivity contribution in [2.24, 2.45) is 0 Å². The van der Waals surface area contributed by atoms with Crippen LogP contribution in [-0.4, -0.2) is 27.8 Å². The Labute approximate surface area is 116 Å². The van der Waals surface area contributed by atoms with Gasteiger partial charge in [-0.25, -0.2) is 8.42 Å². The van der Waals surface area contributed by atoms with Gasteiger partial charge in [-0.15, -0.1) is 0 Å². The molecule has 1 saturated carbocycles. The van der Waals surface area contributed by atoms with Crippen LogP contribution in [0.25, 0.3) is 0 Å². The third kappa shape index (κ3) is 3.08. The lowest BCUT2D eigenvalue weighted by Gasteiger charge is -2.22. The van der Waals surface area contributed by atoms with Crippen LogP contribution >= 0.6 is 15.9 Å². The smallest absolute Gasteiger partial charge is 0.229 e. The van der Waals surface area contributed by atoms with Gasteiger partial charge in [0.15, 0.2) is 0 Å². The van der Waals surface area contributed by atoms with Crippen molar-refractivity contribution in [3.8, 4) is 0 Å². The molecule has 0 heterocycles. The number of halogens is 1. The van der Waals surface area contributed by atoms with Gasteiger partial charge in [-0.3, -0.25) is 4.72 Å². The molecule has 1 aromatic carbocycles. The number of nitrogens with one attached hydrogen (secondary N) is 1. The van der Waals surface area contributed by atoms with Crippen molar-refractivity contribution in [3.63, 3.8) is 0 Å². The van der Waals surface area contributed by atoms with Crippen LogP contribution in [0.3, 0.4) is 0 Å². The van der Waals surface area contributed by atoms with E-state index in [1.54, 1.807) is 6.07 Å². The summed E-state index contributed by atoms with van der Waals surface area (Å²) in [4.78, 5) is 2.09. The van der Waals surface area contributed by atoms with Crippen LogP contribution in [0.2, 0.25) is 0 Å². The Hall–Kier alpha value is -0.950. The van der Waals surface area contributed by atoms with Crippen molar-refractivity contribution in [3.05, 3.63) is 16.6 Å². The maximum atomic E-state index is 11.3. The first kappa shape index (κ1) is 13.5. The van der Waals surface area contributed by atoms with Crippen LogP contribution < -0.4 is 15.4 Å². The van der Waals surface area contributed by atoms with Crippen LogP contribution in [0, 0.1) is 0 Å². The zero-order chi connectivity index (χ0) is 13.5. The Morgan fingerprint density at radius 1 is 1.44 bits per heavy atom. The Bertz CT molecular complexity index is 570. The van der Waals surface area contributed by atoms with Crippen LogP contribution in [0.4, 0.5) is 17.1 Å². The topological polar surface area (TPSA) is 75.4 Å². The normalized spacial score (nSPS) is 15.5. The van der Waals surface area contributed by atoms with Gasteiger partial charge in [0.05, 0.1) is 23.3 Å². The highest BCUT2D eigenvalue weighted by molar-refractivity contribution is 9.10. The highest BCUT2D eigenvalue weighted by Crippen LogP contribution is 2.39. The summed E-state index contributed by atoms with van der Waals surface area (Å²) < 4.78 is 25.8. The van der Waals surface area contributed by atoms with E-state index in [2.05, 4.69) is 25.6 Å². The SMILES string of the molecule is CN(c1cc(Br)cc(NS(C)(=O)=O)c1N)C1CC1. The molecule has 0 radical (unpaired) electrons. The number of nitrogens with zero attached hydrogens (tertiary/aromatic N) is 1. The van der Waals surface area contributed by atoms with E-state index in [1.807, 2.05) is 13.1 Å². The molecule has 18 heavy (non-hydrogen) atoms. The average Bonchev–Trinajstić information content (AvgIpc) is 3.03. The fourth-order valence-electron chi connectivity index (χ4n) is 1.84. The molecule has 1 aliphatic carbocycles. The van der Waals surface area contributed by atoms with Gasteiger partial charge in [-0.1, -0.05) is 15.9 Å². The molecule has 1 fully saturated rings. The second-order valence-corrected chi connectivity index (χ2v) is 7.27. The van der Waals surface area contributed by atoms with E-state index in [9.17, 15) is 8.42 Å². The van der Waals surface area contributed by atoms with Crippen LogP contribution in [0.5, 0.6) is 0 Å². The molecule has 0 amide bonds. The standard InChI is InChI=1S/C11H16BrN3O2S/c1-15(8-3-4-8)10-6-7(12)5-9(11(10)13)14-18(2,16)17/h5-6,8,14H,3-4,13H2,1-2H3. The zero-order valence-electron chi connectivity index (χ0n) is 10.3. The molecule has 1 aromatic rings. The monoisotopic (exact) mass is 333 g/mol. The minimum absolute atomic E-state index is 0.411. The fourth-order valence-corrected chi connectivity index (χ4v) is 2.85. The van der Waals surface area contributed by atoms with E-state index in [0.717, 1.165) is 29.3 Å². The van der Waals surface area contributed by atoms with E-state index >= 15 is 0 Å². The fraction of sp³-hybridized carbons (Fsp3) is 0.455. The number of nitrogens with two attached hydrogens (primary N) is 1. The summed E-state index contributed by atoms with van der Waals surface area (Å²) in [5.74, 6) is 0. The van der Waals surface area contributed by atoms with Gasteiger partial charge in [0.2, 0.25) is 10.0 Å². The molecule has 100 valence electrons. The van der Waals surface area contributed by atoms with Crippen molar-refractivity contribution >= 4 is 43.0 Å². The highest BCUT2D eigenvalue weighted by Gasteiger charge is 2.28. The van der Waals surface area contributed by atoms with E-state index < -0.39 is 10.0 Å². The molecule has 7 heteroatoms. The van der Waals surface area contributed by atoms with Gasteiger partial charge >= 0.3 is 0 Å². The summed E-state index contributed by atoms with van der Waals surface area (Å²) in [6, 6.07) is 4.08. The van der Waals surface area contributed by atoms with E-state index in [4.69, 9.17) is 5.73 Å². The lowest BCUT2D eigenvalue weighted by atomic mass is 10.2. The van der Waals surface area contributed by atoms with Gasteiger partial charge in [-0.2, -0.15) is 0 Å². The molecule has 0 aliphatic heterocycles. The summed E-state index contributed by atoms with van der Waals surface area (Å²) in [5, 5.41) is 0. The van der Waals surface area contributed by atoms with Crippen LogP contribution in [-0.2, 0) is 10.0 Å². The van der Waals surface area contributed by atoms with Crippen LogP contribution in [0.1, 0.15) is 12.8 Å². The molecule has 0 spiro atoms. The zero-order valence-corrected chi connectivity index (χ0v) is 12.7. The van der Waals surface area contributed by atoms with E-state index in [0.29, 0.717) is 17.4 Å². The number of hydrogen-bond donors (Lipinski definition) is 2. The Morgan fingerprint density at radius 2 is 2.06 bits per heavy atom. The van der Waals surface area contributed by atoms with Gasteiger partial charge < -0.3 is 10.6 Å². The molecule has 3 N–H and O–H groups in total. The first-order valence-corrected chi connectivity index (χ1v) is 8.26. The second kappa shape index (κ2) is 4.62. The molecule has 0 atom stereocenters. The molecule has 0 unspecified atom stereocenters. The number of sulfonamides is 1. The quantitative estimate of drug-likeness (QED) is 0.826. The molecule has 0 saturated heterocycles. The number of rotatable bonds is 4. The first-order valence-electron chi connectivity index (χ1n) is 5.57. The number of benzene rings is 1. The molecule has 2 rings (SSSR count). The maximum Gasteiger partial charge on any atom is 0.229 e. The average molecular weight is 334 g/mol. The molecule has 0 aromatic heterocycles. The Kier molecular flexibility index (Phi) is 3.46.